The van der Waals surface area contributed by atoms with Crippen LogP contribution in [0.15, 0.2) is 28.9 Å². The number of nitrogens with one attached hydrogen (secondary N) is 2. The molecule has 0 spiro atoms. The van der Waals surface area contributed by atoms with Crippen molar-refractivity contribution >= 4 is 23.7 Å². The van der Waals surface area contributed by atoms with Crippen LogP contribution in [0, 0.1) is 11.2 Å². The third-order valence-electron chi connectivity index (χ3n) is 6.17. The maximum absolute atomic E-state index is 13.6. The average Bonchev–Trinajstić information content (AvgIpc) is 2.90. The zero-order valence-corrected chi connectivity index (χ0v) is 21.7. The highest BCUT2D eigenvalue weighted by Gasteiger charge is 2.36. The van der Waals surface area contributed by atoms with Gasteiger partial charge in [0.05, 0.1) is 17.9 Å². The summed E-state index contributed by atoms with van der Waals surface area (Å²) < 4.78 is 70.5. The molecule has 1 amide bonds. The van der Waals surface area contributed by atoms with Crippen LogP contribution < -0.4 is 10.1 Å². The Balaban J connectivity index is 1.63. The number of nitrogens with zero attached hydrogens (tertiary/aromatic N) is 3. The number of amides is 1. The van der Waals surface area contributed by atoms with Crippen molar-refractivity contribution in [2.24, 2.45) is 0 Å². The van der Waals surface area contributed by atoms with Gasteiger partial charge in [0.1, 0.15) is 35.0 Å². The number of rotatable bonds is 8. The quantitative estimate of drug-likeness (QED) is 0.269. The number of carbonyl (C=O) groups is 1. The Hall–Kier alpha value is -3.29. The number of carbonyl (C=O) groups excluding carboxylic acids is 1. The summed E-state index contributed by atoms with van der Waals surface area (Å²) >= 11 is 6.37. The van der Waals surface area contributed by atoms with E-state index in [0.29, 0.717) is 30.4 Å². The second kappa shape index (κ2) is 12.3. The highest BCUT2D eigenvalue weighted by atomic mass is 35.5. The van der Waals surface area contributed by atoms with E-state index >= 15 is 0 Å². The molecule has 2 aromatic rings. The number of allylic oxidation sites excluding steroid dienone is 1. The number of halogens is 5. The fourth-order valence-corrected chi connectivity index (χ4v) is 4.55. The second-order valence-corrected chi connectivity index (χ2v) is 9.27. The minimum atomic E-state index is -4.86. The van der Waals surface area contributed by atoms with Crippen LogP contribution in [0.25, 0.3) is 0 Å². The lowest BCUT2D eigenvalue weighted by molar-refractivity contribution is -0.138. The number of aromatic nitrogens is 2. The third kappa shape index (κ3) is 6.84. The predicted molar refractivity (Wildman–Crippen MR) is 132 cm³/mol. The maximum Gasteiger partial charge on any atom is 0.420 e. The van der Waals surface area contributed by atoms with Crippen molar-refractivity contribution in [2.75, 3.05) is 20.3 Å². The highest BCUT2D eigenvalue weighted by Crippen LogP contribution is 2.40. The highest BCUT2D eigenvalue weighted by molar-refractivity contribution is 6.43. The van der Waals surface area contributed by atoms with Crippen LogP contribution in [0.4, 0.5) is 17.6 Å². The summed E-state index contributed by atoms with van der Waals surface area (Å²) in [6.07, 6.45) is -1.70. The normalized spacial score (nSPS) is 18.2. The van der Waals surface area contributed by atoms with E-state index < -0.39 is 35.4 Å². The molecule has 0 aliphatic carbocycles. The van der Waals surface area contributed by atoms with Gasteiger partial charge >= 0.3 is 6.18 Å². The molecule has 0 saturated carbocycles. The summed E-state index contributed by atoms with van der Waals surface area (Å²) in [5.41, 5.74) is -0.310. The van der Waals surface area contributed by atoms with Crippen molar-refractivity contribution in [1.82, 2.24) is 20.2 Å². The van der Waals surface area contributed by atoms with Gasteiger partial charge in [0.15, 0.2) is 5.82 Å². The Bertz CT molecular complexity index is 1270. The lowest BCUT2D eigenvalue weighted by Gasteiger charge is -2.32. The van der Waals surface area contributed by atoms with Crippen molar-refractivity contribution in [2.45, 2.75) is 51.2 Å². The number of benzene rings is 1. The van der Waals surface area contributed by atoms with E-state index in [4.69, 9.17) is 31.2 Å². The number of methoxy groups -OCH3 is 1. The van der Waals surface area contributed by atoms with E-state index in [-0.39, 0.29) is 48.6 Å². The number of alkyl halides is 3. The Morgan fingerprint density at radius 3 is 2.79 bits per heavy atom. The zero-order valence-electron chi connectivity index (χ0n) is 20.9. The summed E-state index contributed by atoms with van der Waals surface area (Å²) in [7, 11) is 1.40. The lowest BCUT2D eigenvalue weighted by Crippen LogP contribution is -2.40. The van der Waals surface area contributed by atoms with Gasteiger partial charge in [0, 0.05) is 32.0 Å². The van der Waals surface area contributed by atoms with E-state index in [1.807, 2.05) is 0 Å². The number of hydrogen-bond acceptors (Lipinski definition) is 8. The van der Waals surface area contributed by atoms with Crippen LogP contribution in [0.3, 0.4) is 0 Å². The topological polar surface area (TPSA) is 110 Å². The number of ether oxygens (including phenoxy) is 3. The first-order valence-corrected chi connectivity index (χ1v) is 12.5. The molecule has 9 nitrogen and oxygen atoms in total. The molecule has 1 aromatic heterocycles. The van der Waals surface area contributed by atoms with E-state index in [1.54, 1.807) is 4.90 Å². The smallest absolute Gasteiger partial charge is 0.420 e. The summed E-state index contributed by atoms with van der Waals surface area (Å²) in [4.78, 5) is 23.1. The predicted octanol–water partition coefficient (Wildman–Crippen LogP) is 4.67. The number of hydrogen-bond donors (Lipinski definition) is 2. The Kier molecular flexibility index (Phi) is 9.03. The van der Waals surface area contributed by atoms with Crippen LogP contribution in [-0.4, -0.2) is 53.5 Å². The number of fused-ring (bicyclic) bond motifs is 1. The molecule has 1 aromatic carbocycles. The van der Waals surface area contributed by atoms with Gasteiger partial charge in [-0.3, -0.25) is 4.79 Å². The molecule has 3 heterocycles. The van der Waals surface area contributed by atoms with Crippen molar-refractivity contribution in [1.29, 1.82) is 5.41 Å². The van der Waals surface area contributed by atoms with Gasteiger partial charge in [-0.15, -0.1) is 0 Å². The van der Waals surface area contributed by atoms with Crippen LogP contribution in [-0.2, 0) is 40.0 Å². The van der Waals surface area contributed by atoms with Crippen molar-refractivity contribution in [3.63, 3.8) is 0 Å². The van der Waals surface area contributed by atoms with Crippen molar-refractivity contribution in [3.8, 4) is 11.6 Å². The summed E-state index contributed by atoms with van der Waals surface area (Å²) in [5.74, 6) is -2.24. The molecule has 0 radical (unpaired) electrons. The molecule has 2 N–H and O–H groups in total. The molecule has 4 rings (SSSR count). The van der Waals surface area contributed by atoms with Crippen molar-refractivity contribution < 1.29 is 36.6 Å². The lowest BCUT2D eigenvalue weighted by atomic mass is 10.0. The Labute approximate surface area is 226 Å². The SMILES string of the molecule is COCc1nc2c(c(Oc3ccc(F)cc3C(F)(F)F)n1)CCN(/C(C=N)=C(\Cl)C(=O)NC1CCCCO1)C2. The van der Waals surface area contributed by atoms with E-state index in [0.717, 1.165) is 31.2 Å². The molecule has 14 heteroatoms. The molecule has 1 fully saturated rings. The third-order valence-corrected chi connectivity index (χ3v) is 6.54. The minimum absolute atomic E-state index is 0.0585. The van der Waals surface area contributed by atoms with Gasteiger partial charge in [-0.2, -0.15) is 18.2 Å². The maximum atomic E-state index is 13.6. The van der Waals surface area contributed by atoms with E-state index in [9.17, 15) is 22.4 Å². The van der Waals surface area contributed by atoms with Gasteiger partial charge < -0.3 is 29.8 Å². The van der Waals surface area contributed by atoms with Gasteiger partial charge in [0.25, 0.3) is 5.91 Å². The largest absolute Gasteiger partial charge is 0.438 e. The van der Waals surface area contributed by atoms with Gasteiger partial charge in [-0.05, 0) is 43.9 Å². The first kappa shape index (κ1) is 28.7. The molecule has 1 unspecified atom stereocenters. The van der Waals surface area contributed by atoms with Gasteiger partial charge in [-0.25, -0.2) is 9.37 Å². The van der Waals surface area contributed by atoms with E-state index in [2.05, 4.69) is 15.3 Å². The molecule has 39 heavy (non-hydrogen) atoms. The standard InChI is InChI=1S/C25H26ClF4N5O4/c1-37-13-20-32-17-12-35(18(11-31)22(26)23(36)34-21-4-2-3-9-38-21)8-7-15(17)24(33-20)39-19-6-5-14(27)10-16(19)25(28,29)30/h5-6,10-11,21,31H,2-4,7-9,12-13H2,1H3,(H,34,36)/b22-18-,31-11?. The molecule has 2 aliphatic rings. The Morgan fingerprint density at radius 2 is 2.13 bits per heavy atom. The first-order chi connectivity index (χ1) is 18.6. The van der Waals surface area contributed by atoms with Crippen LogP contribution in [0.1, 0.15) is 41.9 Å². The second-order valence-electron chi connectivity index (χ2n) is 8.89. The van der Waals surface area contributed by atoms with Crippen molar-refractivity contribution in [3.05, 3.63) is 57.4 Å². The van der Waals surface area contributed by atoms with E-state index in [1.165, 1.54) is 7.11 Å². The minimum Gasteiger partial charge on any atom is -0.438 e. The molecule has 1 atom stereocenters. The van der Waals surface area contributed by atoms with Crippen LogP contribution in [0.2, 0.25) is 0 Å². The molecule has 1 saturated heterocycles. The fourth-order valence-electron chi connectivity index (χ4n) is 4.32. The molecule has 210 valence electrons. The summed E-state index contributed by atoms with van der Waals surface area (Å²) in [6, 6.07) is 2.11. The average molecular weight is 572 g/mol. The van der Waals surface area contributed by atoms with Crippen LogP contribution in [0.5, 0.6) is 11.6 Å². The molecular formula is C25H26ClF4N5O4. The van der Waals surface area contributed by atoms with Gasteiger partial charge in [0.2, 0.25) is 5.88 Å². The van der Waals surface area contributed by atoms with Crippen LogP contribution >= 0.6 is 11.6 Å². The molecule has 0 bridgehead atoms. The fraction of sp³-hybridized carbons (Fsp3) is 0.440. The zero-order chi connectivity index (χ0) is 28.2. The molecule has 2 aliphatic heterocycles. The Morgan fingerprint density at radius 1 is 1.33 bits per heavy atom. The summed E-state index contributed by atoms with van der Waals surface area (Å²) in [6.45, 7) is 0.772. The first-order valence-electron chi connectivity index (χ1n) is 12.1. The summed E-state index contributed by atoms with van der Waals surface area (Å²) in [5, 5.41) is 10.4. The molecular weight excluding hydrogens is 546 g/mol. The monoisotopic (exact) mass is 571 g/mol. The van der Waals surface area contributed by atoms with Gasteiger partial charge in [-0.1, -0.05) is 11.6 Å².